The maximum Gasteiger partial charge on any atom is 0.412 e. The molecule has 0 saturated carbocycles. The van der Waals surface area contributed by atoms with Crippen LogP contribution in [-0.4, -0.2) is 29.4 Å². The molecule has 122 valence electrons. The van der Waals surface area contributed by atoms with Crippen molar-refractivity contribution in [2.45, 2.75) is 39.2 Å². The van der Waals surface area contributed by atoms with Crippen molar-refractivity contribution in [3.05, 3.63) is 24.0 Å². The Morgan fingerprint density at radius 2 is 2.00 bits per heavy atom. The molecule has 0 aromatic heterocycles. The number of amides is 1. The normalized spacial score (nSPS) is 10.9. The summed E-state index contributed by atoms with van der Waals surface area (Å²) in [4.78, 5) is 22.0. The van der Waals surface area contributed by atoms with Crippen LogP contribution in [0.1, 0.15) is 33.6 Å². The van der Waals surface area contributed by atoms with Gasteiger partial charge in [-0.1, -0.05) is 0 Å². The van der Waals surface area contributed by atoms with Gasteiger partial charge in [-0.25, -0.2) is 9.18 Å². The molecule has 1 aromatic rings. The first kappa shape index (κ1) is 17.7. The molecule has 0 unspecified atom stereocenters. The number of anilines is 1. The molecular formula is C15H20FNO5. The summed E-state index contributed by atoms with van der Waals surface area (Å²) in [5, 5.41) is 10.8. The van der Waals surface area contributed by atoms with E-state index < -0.39 is 23.5 Å². The monoisotopic (exact) mass is 313 g/mol. The van der Waals surface area contributed by atoms with Crippen LogP contribution in [0.4, 0.5) is 14.9 Å². The molecule has 22 heavy (non-hydrogen) atoms. The Morgan fingerprint density at radius 1 is 1.32 bits per heavy atom. The highest BCUT2D eigenvalue weighted by molar-refractivity contribution is 5.85. The standard InChI is InChI=1S/C15H20FNO5/c1-15(2,3)22-14(20)17-12-9-10(6-7-11(12)16)21-8-4-5-13(18)19/h6-7,9H,4-5,8H2,1-3H3,(H,17,20)(H,18,19). The van der Waals surface area contributed by atoms with Crippen LogP contribution in [-0.2, 0) is 9.53 Å². The van der Waals surface area contributed by atoms with E-state index in [0.29, 0.717) is 12.2 Å². The summed E-state index contributed by atoms with van der Waals surface area (Å²) in [6.45, 7) is 5.28. The van der Waals surface area contributed by atoms with E-state index in [1.165, 1.54) is 12.1 Å². The van der Waals surface area contributed by atoms with Gasteiger partial charge in [0.1, 0.15) is 17.2 Å². The van der Waals surface area contributed by atoms with Gasteiger partial charge in [-0.2, -0.15) is 0 Å². The molecule has 0 bridgehead atoms. The lowest BCUT2D eigenvalue weighted by Gasteiger charge is -2.20. The average molecular weight is 313 g/mol. The summed E-state index contributed by atoms with van der Waals surface area (Å²) in [6, 6.07) is 3.87. The largest absolute Gasteiger partial charge is 0.494 e. The van der Waals surface area contributed by atoms with E-state index in [0.717, 1.165) is 6.07 Å². The van der Waals surface area contributed by atoms with Crippen molar-refractivity contribution < 1.29 is 28.6 Å². The lowest BCUT2D eigenvalue weighted by molar-refractivity contribution is -0.137. The predicted octanol–water partition coefficient (Wildman–Crippen LogP) is 3.42. The number of aliphatic carboxylic acids is 1. The maximum atomic E-state index is 13.7. The summed E-state index contributed by atoms with van der Waals surface area (Å²) in [6.07, 6.45) is -0.444. The first-order chi connectivity index (χ1) is 10.2. The van der Waals surface area contributed by atoms with Crippen LogP contribution in [0.25, 0.3) is 0 Å². The Bertz CT molecular complexity index is 539. The third-order valence-corrected chi connectivity index (χ3v) is 2.38. The van der Waals surface area contributed by atoms with E-state index in [-0.39, 0.29) is 18.7 Å². The number of hydrogen-bond acceptors (Lipinski definition) is 4. The van der Waals surface area contributed by atoms with E-state index in [4.69, 9.17) is 14.6 Å². The van der Waals surface area contributed by atoms with Crippen LogP contribution in [0, 0.1) is 5.82 Å². The van der Waals surface area contributed by atoms with Crippen LogP contribution in [0.2, 0.25) is 0 Å². The van der Waals surface area contributed by atoms with Gasteiger partial charge in [0.05, 0.1) is 12.3 Å². The molecule has 0 aliphatic carbocycles. The zero-order valence-corrected chi connectivity index (χ0v) is 12.8. The van der Waals surface area contributed by atoms with Gasteiger partial charge in [0.15, 0.2) is 0 Å². The van der Waals surface area contributed by atoms with Crippen molar-refractivity contribution in [1.82, 2.24) is 0 Å². The Morgan fingerprint density at radius 3 is 2.59 bits per heavy atom. The number of benzene rings is 1. The minimum absolute atomic E-state index is 0.00971. The molecular weight excluding hydrogens is 293 g/mol. The minimum atomic E-state index is -0.907. The maximum absolute atomic E-state index is 13.7. The van der Waals surface area contributed by atoms with Gasteiger partial charge in [-0.15, -0.1) is 0 Å². The molecule has 1 amide bonds. The van der Waals surface area contributed by atoms with Gasteiger partial charge >= 0.3 is 12.1 Å². The second-order valence-electron chi connectivity index (χ2n) is 5.61. The quantitative estimate of drug-likeness (QED) is 0.786. The van der Waals surface area contributed by atoms with E-state index in [9.17, 15) is 14.0 Å². The third-order valence-electron chi connectivity index (χ3n) is 2.38. The molecule has 0 radical (unpaired) electrons. The number of carboxylic acids is 1. The van der Waals surface area contributed by atoms with E-state index in [1.807, 2.05) is 0 Å². The highest BCUT2D eigenvalue weighted by atomic mass is 19.1. The lowest BCUT2D eigenvalue weighted by atomic mass is 10.2. The molecule has 6 nitrogen and oxygen atoms in total. The second-order valence-corrected chi connectivity index (χ2v) is 5.61. The number of carbonyl (C=O) groups is 2. The van der Waals surface area contributed by atoms with Crippen LogP contribution >= 0.6 is 0 Å². The molecule has 0 spiro atoms. The number of carboxylic acid groups (broad SMARTS) is 1. The fourth-order valence-corrected chi connectivity index (χ4v) is 1.52. The van der Waals surface area contributed by atoms with Crippen LogP contribution < -0.4 is 10.1 Å². The van der Waals surface area contributed by atoms with Crippen molar-refractivity contribution >= 4 is 17.7 Å². The molecule has 2 N–H and O–H groups in total. The second kappa shape index (κ2) is 7.63. The number of ether oxygens (including phenoxy) is 2. The highest BCUT2D eigenvalue weighted by Crippen LogP contribution is 2.22. The topological polar surface area (TPSA) is 84.9 Å². The average Bonchev–Trinajstić information content (AvgIpc) is 2.35. The van der Waals surface area contributed by atoms with E-state index >= 15 is 0 Å². The van der Waals surface area contributed by atoms with Crippen LogP contribution in [0.15, 0.2) is 18.2 Å². The molecule has 0 aliphatic heterocycles. The third kappa shape index (κ3) is 6.92. The number of halogens is 1. The summed E-state index contributed by atoms with van der Waals surface area (Å²) in [5.41, 5.74) is -0.754. The fourth-order valence-electron chi connectivity index (χ4n) is 1.52. The van der Waals surface area contributed by atoms with Crippen LogP contribution in [0.3, 0.4) is 0 Å². The van der Waals surface area contributed by atoms with E-state index in [1.54, 1.807) is 20.8 Å². The van der Waals surface area contributed by atoms with Crippen molar-refractivity contribution in [3.63, 3.8) is 0 Å². The van der Waals surface area contributed by atoms with Gasteiger partial charge in [0, 0.05) is 12.5 Å². The van der Waals surface area contributed by atoms with Crippen molar-refractivity contribution in [2.24, 2.45) is 0 Å². The van der Waals surface area contributed by atoms with Crippen LogP contribution in [0.5, 0.6) is 5.75 Å². The first-order valence-electron chi connectivity index (χ1n) is 6.81. The fraction of sp³-hybridized carbons (Fsp3) is 0.467. The Hall–Kier alpha value is -2.31. The minimum Gasteiger partial charge on any atom is -0.494 e. The zero-order chi connectivity index (χ0) is 16.8. The smallest absolute Gasteiger partial charge is 0.412 e. The van der Waals surface area contributed by atoms with Gasteiger partial charge in [-0.05, 0) is 39.3 Å². The molecule has 0 aliphatic rings. The summed E-state index contributed by atoms with van der Waals surface area (Å²) >= 11 is 0. The number of carbonyl (C=O) groups excluding carboxylic acids is 1. The zero-order valence-electron chi connectivity index (χ0n) is 12.8. The van der Waals surface area contributed by atoms with Gasteiger partial charge < -0.3 is 14.6 Å². The number of hydrogen-bond donors (Lipinski definition) is 2. The van der Waals surface area contributed by atoms with E-state index in [2.05, 4.69) is 5.32 Å². The number of nitrogens with one attached hydrogen (secondary N) is 1. The predicted molar refractivity (Wildman–Crippen MR) is 78.6 cm³/mol. The van der Waals surface area contributed by atoms with Gasteiger partial charge in [-0.3, -0.25) is 10.1 Å². The van der Waals surface area contributed by atoms with Gasteiger partial charge in [0.25, 0.3) is 0 Å². The Labute approximate surface area is 128 Å². The van der Waals surface area contributed by atoms with Crippen molar-refractivity contribution in [2.75, 3.05) is 11.9 Å². The Kier molecular flexibility index (Phi) is 6.15. The summed E-state index contributed by atoms with van der Waals surface area (Å²) < 4.78 is 24.0. The van der Waals surface area contributed by atoms with Gasteiger partial charge in [0.2, 0.25) is 0 Å². The van der Waals surface area contributed by atoms with Crippen molar-refractivity contribution in [1.29, 1.82) is 0 Å². The first-order valence-corrected chi connectivity index (χ1v) is 6.81. The molecule has 0 saturated heterocycles. The summed E-state index contributed by atoms with van der Waals surface area (Å²) in [5.74, 6) is -1.20. The summed E-state index contributed by atoms with van der Waals surface area (Å²) in [7, 11) is 0. The number of rotatable bonds is 6. The molecule has 0 atom stereocenters. The van der Waals surface area contributed by atoms with Crippen molar-refractivity contribution in [3.8, 4) is 5.75 Å². The molecule has 1 rings (SSSR count). The Balaban J connectivity index is 2.62. The molecule has 0 heterocycles. The highest BCUT2D eigenvalue weighted by Gasteiger charge is 2.17. The lowest BCUT2D eigenvalue weighted by Crippen LogP contribution is -2.27. The SMILES string of the molecule is CC(C)(C)OC(=O)Nc1cc(OCCCC(=O)O)ccc1F. The molecule has 7 heteroatoms. The molecule has 0 fully saturated rings. The molecule has 1 aromatic carbocycles.